The fourth-order valence-corrected chi connectivity index (χ4v) is 4.57. The number of hydrogen-bond acceptors (Lipinski definition) is 8. The van der Waals surface area contributed by atoms with Gasteiger partial charge in [0.2, 0.25) is 0 Å². The van der Waals surface area contributed by atoms with E-state index >= 15 is 0 Å². The fraction of sp³-hybridized carbons (Fsp3) is 0.393. The number of nitrogen functional groups attached to an aromatic ring is 1. The van der Waals surface area contributed by atoms with Crippen LogP contribution in [0.15, 0.2) is 54.9 Å². The maximum Gasteiger partial charge on any atom is 0.419 e. The summed E-state index contributed by atoms with van der Waals surface area (Å²) in [6.07, 6.45) is -1.17. The SMILES string of the molecule is CCN(CCN(C)CCCO)C(OC)c1ccc(-c2cnc3ccc(-c4cnc(N)c(C(F)(F)F)c4)nn23)cc1. The first kappa shape index (κ1) is 29.4. The highest BCUT2D eigenvalue weighted by Gasteiger charge is 2.34. The first-order chi connectivity index (χ1) is 19.2. The van der Waals surface area contributed by atoms with Crippen molar-refractivity contribution in [2.45, 2.75) is 25.7 Å². The second-order valence-corrected chi connectivity index (χ2v) is 9.51. The van der Waals surface area contributed by atoms with Crippen LogP contribution in [-0.4, -0.2) is 81.4 Å². The first-order valence-corrected chi connectivity index (χ1v) is 13.0. The molecule has 9 nitrogen and oxygen atoms in total. The number of pyridine rings is 1. The van der Waals surface area contributed by atoms with E-state index in [1.807, 2.05) is 31.3 Å². The zero-order valence-corrected chi connectivity index (χ0v) is 22.8. The molecule has 3 heterocycles. The number of imidazole rings is 1. The van der Waals surface area contributed by atoms with Crippen molar-refractivity contribution in [3.8, 4) is 22.5 Å². The number of aliphatic hydroxyl groups excluding tert-OH is 1. The average molecular weight is 558 g/mol. The molecule has 12 heteroatoms. The largest absolute Gasteiger partial charge is 0.419 e. The van der Waals surface area contributed by atoms with E-state index in [-0.39, 0.29) is 18.4 Å². The molecule has 0 amide bonds. The third kappa shape index (κ3) is 6.58. The molecule has 0 fully saturated rings. The Labute approximate surface area is 231 Å². The maximum absolute atomic E-state index is 13.4. The molecule has 1 unspecified atom stereocenters. The van der Waals surface area contributed by atoms with E-state index in [4.69, 9.17) is 15.6 Å². The number of nitrogens with two attached hydrogens (primary N) is 1. The second-order valence-electron chi connectivity index (χ2n) is 9.51. The van der Waals surface area contributed by atoms with Gasteiger partial charge in [0.25, 0.3) is 0 Å². The lowest BCUT2D eigenvalue weighted by molar-refractivity contribution is -0.137. The first-order valence-electron chi connectivity index (χ1n) is 13.0. The normalized spacial score (nSPS) is 13.0. The van der Waals surface area contributed by atoms with Gasteiger partial charge in [-0.25, -0.2) is 14.5 Å². The van der Waals surface area contributed by atoms with Crippen LogP contribution >= 0.6 is 0 Å². The molecule has 0 saturated carbocycles. The minimum atomic E-state index is -4.62. The molecule has 0 aliphatic heterocycles. The minimum absolute atomic E-state index is 0.176. The Kier molecular flexibility index (Phi) is 9.36. The van der Waals surface area contributed by atoms with Crippen LogP contribution in [0.4, 0.5) is 19.0 Å². The van der Waals surface area contributed by atoms with Gasteiger partial charge in [0.05, 0.1) is 23.1 Å². The number of methoxy groups -OCH3 is 1. The Balaban J connectivity index is 1.58. The van der Waals surface area contributed by atoms with E-state index in [1.54, 1.807) is 30.0 Å². The lowest BCUT2D eigenvalue weighted by atomic mass is 10.1. The average Bonchev–Trinajstić information content (AvgIpc) is 3.37. The summed E-state index contributed by atoms with van der Waals surface area (Å²) in [6.45, 7) is 5.53. The van der Waals surface area contributed by atoms with Crippen LogP contribution in [0.2, 0.25) is 0 Å². The van der Waals surface area contributed by atoms with Crippen LogP contribution in [0, 0.1) is 0 Å². The standard InChI is InChI=1S/C28H34F3N7O2/c1-4-37(14-13-36(2)12-5-15-39)27(40-3)20-8-6-19(7-9-20)24-18-33-25-11-10-23(35-38(24)25)21-16-22(28(29,30)31)26(32)34-17-21/h6-11,16-18,27,39H,4-5,12-15H2,1-3H3,(H2,32,34). The molecule has 0 saturated heterocycles. The molecule has 0 aliphatic carbocycles. The number of rotatable bonds is 12. The molecular formula is C28H34F3N7O2. The highest BCUT2D eigenvalue weighted by Crippen LogP contribution is 2.35. The smallest absolute Gasteiger partial charge is 0.396 e. The van der Waals surface area contributed by atoms with E-state index < -0.39 is 17.6 Å². The van der Waals surface area contributed by atoms with Gasteiger partial charge in [0.1, 0.15) is 12.0 Å². The quantitative estimate of drug-likeness (QED) is 0.248. The number of anilines is 1. The Morgan fingerprint density at radius 2 is 1.77 bits per heavy atom. The highest BCUT2D eigenvalue weighted by molar-refractivity contribution is 5.67. The molecule has 0 bridgehead atoms. The van der Waals surface area contributed by atoms with Gasteiger partial charge < -0.3 is 20.5 Å². The third-order valence-electron chi connectivity index (χ3n) is 6.80. The van der Waals surface area contributed by atoms with E-state index in [2.05, 4.69) is 31.8 Å². The maximum atomic E-state index is 13.4. The van der Waals surface area contributed by atoms with Crippen LogP contribution in [-0.2, 0) is 10.9 Å². The van der Waals surface area contributed by atoms with Gasteiger partial charge in [-0.1, -0.05) is 31.2 Å². The molecule has 3 N–H and O–H groups in total. The van der Waals surface area contributed by atoms with Crippen molar-refractivity contribution < 1.29 is 23.0 Å². The number of ether oxygens (including phenoxy) is 1. The molecule has 0 aliphatic rings. The van der Waals surface area contributed by atoms with Crippen LogP contribution in [0.1, 0.15) is 30.7 Å². The second kappa shape index (κ2) is 12.7. The highest BCUT2D eigenvalue weighted by atomic mass is 19.4. The lowest BCUT2D eigenvalue weighted by Crippen LogP contribution is -2.37. The number of alkyl halides is 3. The van der Waals surface area contributed by atoms with Gasteiger partial charge in [-0.3, -0.25) is 4.90 Å². The van der Waals surface area contributed by atoms with Crippen molar-refractivity contribution in [1.29, 1.82) is 0 Å². The number of aliphatic hydroxyl groups is 1. The van der Waals surface area contributed by atoms with Crippen LogP contribution in [0.25, 0.3) is 28.2 Å². The molecule has 0 spiro atoms. The summed E-state index contributed by atoms with van der Waals surface area (Å²) in [4.78, 5) is 12.6. The van der Waals surface area contributed by atoms with Crippen molar-refractivity contribution in [2.75, 3.05) is 52.7 Å². The summed E-state index contributed by atoms with van der Waals surface area (Å²) in [7, 11) is 3.72. The number of halogens is 3. The van der Waals surface area contributed by atoms with Crippen molar-refractivity contribution >= 4 is 11.5 Å². The molecule has 40 heavy (non-hydrogen) atoms. The van der Waals surface area contributed by atoms with Crippen LogP contribution in [0.3, 0.4) is 0 Å². The summed E-state index contributed by atoms with van der Waals surface area (Å²) in [5.41, 5.74) is 8.04. The van der Waals surface area contributed by atoms with E-state index in [9.17, 15) is 13.2 Å². The molecule has 1 aromatic carbocycles. The number of hydrogen-bond donors (Lipinski definition) is 2. The summed E-state index contributed by atoms with van der Waals surface area (Å²) in [6, 6.07) is 12.1. The van der Waals surface area contributed by atoms with E-state index in [1.165, 1.54) is 6.20 Å². The summed E-state index contributed by atoms with van der Waals surface area (Å²) < 4.78 is 47.6. The van der Waals surface area contributed by atoms with Crippen LogP contribution in [0.5, 0.6) is 0 Å². The minimum Gasteiger partial charge on any atom is -0.396 e. The molecule has 4 rings (SSSR count). The topological polar surface area (TPSA) is 105 Å². The van der Waals surface area contributed by atoms with Crippen molar-refractivity contribution in [2.24, 2.45) is 0 Å². The Morgan fingerprint density at radius 1 is 1.02 bits per heavy atom. The monoisotopic (exact) mass is 557 g/mol. The molecule has 1 atom stereocenters. The van der Waals surface area contributed by atoms with Gasteiger partial charge in [-0.15, -0.1) is 0 Å². The van der Waals surface area contributed by atoms with E-state index in [0.29, 0.717) is 17.0 Å². The van der Waals surface area contributed by atoms with Crippen molar-refractivity contribution in [3.63, 3.8) is 0 Å². The Morgan fingerprint density at radius 3 is 2.42 bits per heavy atom. The predicted octanol–water partition coefficient (Wildman–Crippen LogP) is 4.34. The predicted molar refractivity (Wildman–Crippen MR) is 147 cm³/mol. The summed E-state index contributed by atoms with van der Waals surface area (Å²) >= 11 is 0. The third-order valence-corrected chi connectivity index (χ3v) is 6.80. The Bertz CT molecular complexity index is 1410. The molecular weight excluding hydrogens is 523 g/mol. The number of likely N-dealkylation sites (N-methyl/N-ethyl adjacent to an activating group) is 2. The van der Waals surface area contributed by atoms with Gasteiger partial charge in [-0.05, 0) is 43.8 Å². The Hall–Kier alpha value is -3.58. The number of aromatic nitrogens is 4. The number of benzene rings is 1. The van der Waals surface area contributed by atoms with Crippen LogP contribution < -0.4 is 5.73 Å². The lowest BCUT2D eigenvalue weighted by Gasteiger charge is -2.31. The summed E-state index contributed by atoms with van der Waals surface area (Å²) in [5.74, 6) is -0.578. The van der Waals surface area contributed by atoms with Gasteiger partial charge in [0.15, 0.2) is 5.65 Å². The van der Waals surface area contributed by atoms with Gasteiger partial charge in [-0.2, -0.15) is 18.3 Å². The molecule has 214 valence electrons. The zero-order valence-electron chi connectivity index (χ0n) is 22.8. The molecule has 4 aromatic rings. The zero-order chi connectivity index (χ0) is 28.9. The molecule has 0 radical (unpaired) electrons. The summed E-state index contributed by atoms with van der Waals surface area (Å²) in [5, 5.41) is 13.6. The van der Waals surface area contributed by atoms with Crippen molar-refractivity contribution in [1.82, 2.24) is 29.4 Å². The van der Waals surface area contributed by atoms with Gasteiger partial charge >= 0.3 is 6.18 Å². The fourth-order valence-electron chi connectivity index (χ4n) is 4.57. The number of fused-ring (bicyclic) bond motifs is 1. The molecule has 3 aromatic heterocycles. The number of nitrogens with zero attached hydrogens (tertiary/aromatic N) is 6. The van der Waals surface area contributed by atoms with E-state index in [0.717, 1.165) is 49.8 Å². The van der Waals surface area contributed by atoms with Gasteiger partial charge in [0, 0.05) is 50.7 Å². The van der Waals surface area contributed by atoms with Crippen molar-refractivity contribution in [3.05, 3.63) is 66.0 Å².